The molecule has 7 aromatic carbocycles. The highest BCUT2D eigenvalue weighted by molar-refractivity contribution is 7.20. The van der Waals surface area contributed by atoms with Gasteiger partial charge in [-0.25, -0.2) is 0 Å². The Hall–Kier alpha value is -6.16. The number of thiophene rings is 1. The molecule has 0 unspecified atom stereocenters. The topological polar surface area (TPSA) is 16.4 Å². The van der Waals surface area contributed by atoms with E-state index in [0.717, 1.165) is 51.7 Å². The van der Waals surface area contributed by atoms with Crippen molar-refractivity contribution in [2.75, 3.05) is 4.90 Å². The Bertz CT molecular complexity index is 2990. The van der Waals surface area contributed by atoms with Crippen molar-refractivity contribution >= 4 is 66.5 Å². The maximum Gasteiger partial charge on any atom is 0.135 e. The summed E-state index contributed by atoms with van der Waals surface area (Å²) >= 11 is 1.91. The summed E-state index contributed by atoms with van der Waals surface area (Å²) in [5.41, 5.74) is 16.9. The maximum atomic E-state index is 6.28. The third-order valence-corrected chi connectivity index (χ3v) is 12.9. The van der Waals surface area contributed by atoms with Crippen molar-refractivity contribution in [3.05, 3.63) is 179 Å². The molecule has 0 atom stereocenters. The maximum absolute atomic E-state index is 6.28. The van der Waals surface area contributed by atoms with E-state index in [1.807, 2.05) is 17.4 Å². The zero-order valence-electron chi connectivity index (χ0n) is 30.3. The highest BCUT2D eigenvalue weighted by Gasteiger charge is 2.37. The second-order valence-corrected chi connectivity index (χ2v) is 16.2. The van der Waals surface area contributed by atoms with Crippen molar-refractivity contribution in [1.29, 1.82) is 0 Å². The summed E-state index contributed by atoms with van der Waals surface area (Å²) in [6, 6.07) is 55.7. The number of hydrogen-bond acceptors (Lipinski definition) is 3. The fraction of sp³-hybridized carbons (Fsp3) is 0.0980. The quantitative estimate of drug-likeness (QED) is 0.177. The average molecular weight is 712 g/mol. The van der Waals surface area contributed by atoms with Crippen LogP contribution < -0.4 is 4.90 Å². The Balaban J connectivity index is 1.20. The summed E-state index contributed by atoms with van der Waals surface area (Å²) in [6.07, 6.45) is 6.76. The molecule has 258 valence electrons. The molecule has 0 amide bonds. The molecule has 2 aliphatic carbocycles. The molecule has 0 aliphatic heterocycles. The molecular formula is C51H37NOS. The number of nitrogens with zero attached hydrogens (tertiary/aromatic N) is 1. The smallest absolute Gasteiger partial charge is 0.135 e. The van der Waals surface area contributed by atoms with Gasteiger partial charge in [0, 0.05) is 42.3 Å². The molecule has 0 bridgehead atoms. The van der Waals surface area contributed by atoms with Crippen molar-refractivity contribution in [3.63, 3.8) is 0 Å². The van der Waals surface area contributed by atoms with Gasteiger partial charge in [-0.2, -0.15) is 0 Å². The van der Waals surface area contributed by atoms with E-state index in [1.165, 1.54) is 65.2 Å². The van der Waals surface area contributed by atoms with Crippen LogP contribution in [0, 0.1) is 0 Å². The van der Waals surface area contributed by atoms with Crippen molar-refractivity contribution in [2.24, 2.45) is 0 Å². The van der Waals surface area contributed by atoms with Crippen LogP contribution >= 0.6 is 11.3 Å². The van der Waals surface area contributed by atoms with Gasteiger partial charge in [0.05, 0.1) is 17.1 Å². The van der Waals surface area contributed by atoms with E-state index in [1.54, 1.807) is 0 Å². The molecule has 11 rings (SSSR count). The number of furan rings is 1. The standard InChI is InChI=1S/C51H37NOS/c1-51(2)40-21-8-3-18-37(40)49-36(20-13-22-41(49)51)34-16-5-10-24-43(34)52(44-25-14-28-48-50(44)38-19-7-12-27-47(38)54-48)42-23-9-4-15-33(42)32-29-30-46-39(31-32)35-17-6-11-26-45(35)53-46/h3-6,8-18,20-31H,7,19H2,1-2H3. The van der Waals surface area contributed by atoms with Crippen LogP contribution in [0.5, 0.6) is 0 Å². The summed E-state index contributed by atoms with van der Waals surface area (Å²) in [4.78, 5) is 3.93. The summed E-state index contributed by atoms with van der Waals surface area (Å²) in [5.74, 6) is 0. The number of fused-ring (bicyclic) bond motifs is 9. The van der Waals surface area contributed by atoms with Crippen LogP contribution in [-0.4, -0.2) is 0 Å². The van der Waals surface area contributed by atoms with Crippen LogP contribution in [0.4, 0.5) is 17.1 Å². The van der Waals surface area contributed by atoms with Gasteiger partial charge in [-0.3, -0.25) is 0 Å². The van der Waals surface area contributed by atoms with Crippen LogP contribution in [-0.2, 0) is 11.8 Å². The van der Waals surface area contributed by atoms with Crippen LogP contribution in [0.3, 0.4) is 0 Å². The largest absolute Gasteiger partial charge is 0.456 e. The third kappa shape index (κ3) is 4.58. The first-order chi connectivity index (χ1) is 26.6. The monoisotopic (exact) mass is 711 g/mol. The Kier molecular flexibility index (Phi) is 6.93. The minimum atomic E-state index is -0.0894. The summed E-state index contributed by atoms with van der Waals surface area (Å²) < 4.78 is 7.60. The van der Waals surface area contributed by atoms with Gasteiger partial charge in [-0.05, 0) is 100 Å². The zero-order valence-corrected chi connectivity index (χ0v) is 31.1. The molecule has 54 heavy (non-hydrogen) atoms. The van der Waals surface area contributed by atoms with E-state index in [-0.39, 0.29) is 5.41 Å². The third-order valence-electron chi connectivity index (χ3n) is 11.8. The first kappa shape index (κ1) is 31.4. The Morgan fingerprint density at radius 1 is 0.574 bits per heavy atom. The number of allylic oxidation sites excluding steroid dienone is 1. The summed E-state index contributed by atoms with van der Waals surface area (Å²) in [6.45, 7) is 4.73. The molecule has 2 nitrogen and oxygen atoms in total. The molecule has 0 radical (unpaired) electrons. The van der Waals surface area contributed by atoms with Crippen LogP contribution in [0.1, 0.15) is 41.8 Å². The molecule has 0 saturated carbocycles. The molecule has 0 fully saturated rings. The first-order valence-corrected chi connectivity index (χ1v) is 19.7. The van der Waals surface area contributed by atoms with E-state index in [0.29, 0.717) is 0 Å². The van der Waals surface area contributed by atoms with Crippen LogP contribution in [0.2, 0.25) is 0 Å². The van der Waals surface area contributed by atoms with E-state index >= 15 is 0 Å². The van der Waals surface area contributed by atoms with Crippen molar-refractivity contribution in [1.82, 2.24) is 0 Å². The highest BCUT2D eigenvalue weighted by atomic mass is 32.1. The lowest BCUT2D eigenvalue weighted by atomic mass is 9.82. The van der Waals surface area contributed by atoms with Crippen molar-refractivity contribution in [3.8, 4) is 33.4 Å². The summed E-state index contributed by atoms with van der Waals surface area (Å²) in [5, 5.41) is 3.62. The number of rotatable bonds is 5. The lowest BCUT2D eigenvalue weighted by molar-refractivity contribution is 0.660. The van der Waals surface area contributed by atoms with E-state index in [9.17, 15) is 0 Å². The minimum Gasteiger partial charge on any atom is -0.456 e. The molecule has 2 aliphatic rings. The van der Waals surface area contributed by atoms with Crippen molar-refractivity contribution < 1.29 is 4.42 Å². The SMILES string of the molecule is CC1(C)c2ccccc2-c2c(-c3ccccc3N(c3ccccc3-c3ccc4oc5ccccc5c4c3)c3cccc4sc5c(c34)CCC=C5)cccc21. The highest BCUT2D eigenvalue weighted by Crippen LogP contribution is 2.55. The van der Waals surface area contributed by atoms with Gasteiger partial charge in [0.2, 0.25) is 0 Å². The van der Waals surface area contributed by atoms with Gasteiger partial charge >= 0.3 is 0 Å². The number of benzene rings is 7. The van der Waals surface area contributed by atoms with Gasteiger partial charge in [-0.15, -0.1) is 11.3 Å². The lowest BCUT2D eigenvalue weighted by Gasteiger charge is -2.31. The van der Waals surface area contributed by atoms with E-state index in [4.69, 9.17) is 4.42 Å². The second kappa shape index (κ2) is 11.9. The molecule has 0 N–H and O–H groups in total. The molecular weight excluding hydrogens is 675 g/mol. The number of para-hydroxylation sites is 3. The van der Waals surface area contributed by atoms with Gasteiger partial charge in [0.25, 0.3) is 0 Å². The van der Waals surface area contributed by atoms with Gasteiger partial charge < -0.3 is 9.32 Å². The fourth-order valence-corrected chi connectivity index (χ4v) is 10.5. The minimum absolute atomic E-state index is 0.0894. The van der Waals surface area contributed by atoms with Gasteiger partial charge in [-0.1, -0.05) is 129 Å². The Morgan fingerprint density at radius 2 is 1.24 bits per heavy atom. The van der Waals surface area contributed by atoms with E-state index < -0.39 is 0 Å². The zero-order chi connectivity index (χ0) is 36.0. The normalized spacial score (nSPS) is 14.0. The number of anilines is 3. The van der Waals surface area contributed by atoms with Crippen molar-refractivity contribution in [2.45, 2.75) is 32.1 Å². The van der Waals surface area contributed by atoms with E-state index in [2.05, 4.69) is 176 Å². The van der Waals surface area contributed by atoms with Crippen LogP contribution in [0.25, 0.3) is 71.5 Å². The van der Waals surface area contributed by atoms with Crippen LogP contribution in [0.15, 0.2) is 162 Å². The number of hydrogen-bond donors (Lipinski definition) is 0. The predicted molar refractivity (Wildman–Crippen MR) is 230 cm³/mol. The molecule has 0 saturated heterocycles. The number of aryl methyl sites for hydroxylation is 1. The molecule has 9 aromatic rings. The molecule has 0 spiro atoms. The average Bonchev–Trinajstić information content (AvgIpc) is 3.86. The molecule has 3 heteroatoms. The molecule has 2 heterocycles. The fourth-order valence-electron chi connectivity index (χ4n) is 9.27. The lowest BCUT2D eigenvalue weighted by Crippen LogP contribution is -2.15. The second-order valence-electron chi connectivity index (χ2n) is 15.1. The Morgan fingerprint density at radius 3 is 2.13 bits per heavy atom. The van der Waals surface area contributed by atoms with Gasteiger partial charge in [0.15, 0.2) is 0 Å². The van der Waals surface area contributed by atoms with Gasteiger partial charge in [0.1, 0.15) is 11.2 Å². The Labute approximate surface area is 319 Å². The first-order valence-electron chi connectivity index (χ1n) is 18.9. The summed E-state index contributed by atoms with van der Waals surface area (Å²) in [7, 11) is 0. The molecule has 2 aromatic heterocycles. The predicted octanol–water partition coefficient (Wildman–Crippen LogP) is 14.9.